The Morgan fingerprint density at radius 2 is 1.60 bits per heavy atom. The molecule has 7 heteroatoms. The van der Waals surface area contributed by atoms with Crippen LogP contribution in [0.4, 0.5) is 0 Å². The second-order valence-electron chi connectivity index (χ2n) is 1.09. The molecule has 0 aliphatic rings. The molecule has 0 aromatic heterocycles. The van der Waals surface area contributed by atoms with Crippen LogP contribution in [0.5, 0.6) is 0 Å². The van der Waals surface area contributed by atoms with Crippen molar-refractivity contribution in [1.29, 1.82) is 0 Å². The SMILES string of the molecule is O=N[O-].OCC(O)CO.[Na+]. The summed E-state index contributed by atoms with van der Waals surface area (Å²) in [4.78, 5) is 8.00. The van der Waals surface area contributed by atoms with E-state index in [1.54, 1.807) is 0 Å². The van der Waals surface area contributed by atoms with E-state index in [0.29, 0.717) is 0 Å². The van der Waals surface area contributed by atoms with Gasteiger partial charge in [-0.05, 0) is 0 Å². The molecule has 0 atom stereocenters. The molecular weight excluding hydrogens is 153 g/mol. The number of hydrogen-bond donors (Lipinski definition) is 3. The van der Waals surface area contributed by atoms with E-state index in [-0.39, 0.29) is 42.8 Å². The molecule has 0 aliphatic carbocycles. The van der Waals surface area contributed by atoms with Crippen molar-refractivity contribution < 1.29 is 44.9 Å². The van der Waals surface area contributed by atoms with Crippen molar-refractivity contribution in [3.05, 3.63) is 10.1 Å². The van der Waals surface area contributed by atoms with Gasteiger partial charge in [-0.1, -0.05) is 0 Å². The first-order valence-electron chi connectivity index (χ1n) is 2.07. The molecule has 0 unspecified atom stereocenters. The molecule has 0 aromatic rings. The summed E-state index contributed by atoms with van der Waals surface area (Å²) in [6.07, 6.45) is -0.954. The van der Waals surface area contributed by atoms with Crippen LogP contribution in [0.3, 0.4) is 0 Å². The number of aliphatic hydroxyl groups is 3. The van der Waals surface area contributed by atoms with E-state index in [4.69, 9.17) is 25.4 Å². The van der Waals surface area contributed by atoms with Crippen LogP contribution in [0.15, 0.2) is 5.34 Å². The maximum absolute atomic E-state index is 8.17. The molecule has 0 bridgehead atoms. The molecule has 3 N–H and O–H groups in total. The first-order chi connectivity index (χ1) is 4.22. The Balaban J connectivity index is -0.000000107. The van der Waals surface area contributed by atoms with Crippen LogP contribution in [0.25, 0.3) is 0 Å². The molecule has 0 fully saturated rings. The van der Waals surface area contributed by atoms with Crippen molar-refractivity contribution in [3.8, 4) is 0 Å². The minimum atomic E-state index is -0.954. The number of hydrogen-bond acceptors (Lipinski definition) is 6. The molecule has 0 aliphatic heterocycles. The molecule has 6 nitrogen and oxygen atoms in total. The third-order valence-corrected chi connectivity index (χ3v) is 0.421. The first-order valence-corrected chi connectivity index (χ1v) is 2.07. The van der Waals surface area contributed by atoms with Crippen LogP contribution in [-0.4, -0.2) is 34.6 Å². The summed E-state index contributed by atoms with van der Waals surface area (Å²) in [5, 5.41) is 33.0. The molecule has 0 amide bonds. The van der Waals surface area contributed by atoms with E-state index in [1.165, 1.54) is 0 Å². The maximum Gasteiger partial charge on any atom is 1.00 e. The Morgan fingerprint density at radius 3 is 1.60 bits per heavy atom. The number of nitrogens with zero attached hydrogens (tertiary/aromatic N) is 1. The standard InChI is InChI=1S/C3H8O3.HNO2.Na/c4-1-3(6)2-5;2-1-3;/h3-6H,1-2H2;(H,2,3);/q;;+1/p-1. The zero-order valence-corrected chi connectivity index (χ0v) is 7.60. The quantitative estimate of drug-likeness (QED) is 0.215. The molecular formula is C3H8NNaO5. The van der Waals surface area contributed by atoms with Gasteiger partial charge in [0.2, 0.25) is 0 Å². The fourth-order valence-corrected chi connectivity index (χ4v) is 0.0577. The fourth-order valence-electron chi connectivity index (χ4n) is 0.0577. The Bertz CT molecular complexity index is 58.9. The molecule has 0 spiro atoms. The Morgan fingerprint density at radius 1 is 1.40 bits per heavy atom. The zero-order chi connectivity index (χ0) is 7.70. The summed E-state index contributed by atoms with van der Waals surface area (Å²) in [6.45, 7) is -0.729. The summed E-state index contributed by atoms with van der Waals surface area (Å²) in [5.74, 6) is 0. The zero-order valence-electron chi connectivity index (χ0n) is 5.60. The van der Waals surface area contributed by atoms with Gasteiger partial charge in [-0.25, -0.2) is 0 Å². The summed E-state index contributed by atoms with van der Waals surface area (Å²) < 4.78 is 0. The third kappa shape index (κ3) is 24.0. The molecule has 0 saturated carbocycles. The molecule has 56 valence electrons. The monoisotopic (exact) mass is 161 g/mol. The summed E-state index contributed by atoms with van der Waals surface area (Å²) in [5.41, 5.74) is 0. The average molecular weight is 161 g/mol. The van der Waals surface area contributed by atoms with Crippen molar-refractivity contribution in [3.63, 3.8) is 0 Å². The molecule has 0 heterocycles. The predicted octanol–water partition coefficient (Wildman–Crippen LogP) is -4.41. The van der Waals surface area contributed by atoms with E-state index in [2.05, 4.69) is 0 Å². The van der Waals surface area contributed by atoms with Crippen LogP contribution in [0, 0.1) is 10.1 Å². The van der Waals surface area contributed by atoms with E-state index in [1.807, 2.05) is 0 Å². The van der Waals surface area contributed by atoms with Crippen LogP contribution < -0.4 is 29.6 Å². The van der Waals surface area contributed by atoms with Crippen LogP contribution in [0.2, 0.25) is 0 Å². The van der Waals surface area contributed by atoms with E-state index >= 15 is 0 Å². The third-order valence-electron chi connectivity index (χ3n) is 0.421. The second-order valence-corrected chi connectivity index (χ2v) is 1.09. The normalized spacial score (nSPS) is 7.20. The van der Waals surface area contributed by atoms with Crippen molar-refractivity contribution in [1.82, 2.24) is 0 Å². The van der Waals surface area contributed by atoms with E-state index in [0.717, 1.165) is 5.34 Å². The van der Waals surface area contributed by atoms with Crippen LogP contribution in [0.1, 0.15) is 0 Å². The molecule has 0 rings (SSSR count). The van der Waals surface area contributed by atoms with Crippen molar-refractivity contribution in [2.24, 2.45) is 5.34 Å². The molecule has 10 heavy (non-hydrogen) atoms. The fraction of sp³-hybridized carbons (Fsp3) is 1.00. The topological polar surface area (TPSA) is 113 Å². The Labute approximate surface area is 79.7 Å². The van der Waals surface area contributed by atoms with Gasteiger partial charge in [-0.3, -0.25) is 0 Å². The van der Waals surface area contributed by atoms with Gasteiger partial charge < -0.3 is 25.4 Å². The van der Waals surface area contributed by atoms with Gasteiger partial charge in [0.25, 0.3) is 0 Å². The smallest absolute Gasteiger partial charge is 0.444 e. The summed E-state index contributed by atoms with van der Waals surface area (Å²) in [7, 11) is 0. The van der Waals surface area contributed by atoms with Crippen molar-refractivity contribution in [2.75, 3.05) is 13.2 Å². The Hall–Kier alpha value is 0.280. The molecule has 0 saturated heterocycles. The van der Waals surface area contributed by atoms with E-state index in [9.17, 15) is 0 Å². The van der Waals surface area contributed by atoms with Crippen LogP contribution in [-0.2, 0) is 0 Å². The summed E-state index contributed by atoms with van der Waals surface area (Å²) in [6, 6.07) is 0. The minimum Gasteiger partial charge on any atom is -0.444 e. The minimum absolute atomic E-state index is 0. The Kier molecular flexibility index (Phi) is 26.9. The van der Waals surface area contributed by atoms with Gasteiger partial charge in [0, 0.05) is 0 Å². The maximum atomic E-state index is 8.17. The van der Waals surface area contributed by atoms with Gasteiger partial charge in [0.05, 0.1) is 13.2 Å². The first kappa shape index (κ1) is 16.7. The van der Waals surface area contributed by atoms with Crippen molar-refractivity contribution in [2.45, 2.75) is 6.10 Å². The van der Waals surface area contributed by atoms with Gasteiger partial charge >= 0.3 is 29.6 Å². The number of rotatable bonds is 2. The summed E-state index contributed by atoms with van der Waals surface area (Å²) >= 11 is 0. The van der Waals surface area contributed by atoms with Crippen LogP contribution >= 0.6 is 0 Å². The predicted molar refractivity (Wildman–Crippen MR) is 29.3 cm³/mol. The molecule has 0 aromatic carbocycles. The van der Waals surface area contributed by atoms with Gasteiger partial charge in [0.15, 0.2) is 0 Å². The van der Waals surface area contributed by atoms with Crippen molar-refractivity contribution >= 4 is 0 Å². The average Bonchev–Trinajstić information content (AvgIpc) is 1.88. The molecule has 0 radical (unpaired) electrons. The van der Waals surface area contributed by atoms with E-state index < -0.39 is 6.10 Å². The van der Waals surface area contributed by atoms with Gasteiger partial charge in [-0.15, -0.1) is 5.34 Å². The van der Waals surface area contributed by atoms with Gasteiger partial charge in [0.1, 0.15) is 6.10 Å². The largest absolute Gasteiger partial charge is 1.00 e. The van der Waals surface area contributed by atoms with Gasteiger partial charge in [-0.2, -0.15) is 0 Å². The number of aliphatic hydroxyl groups excluding tert-OH is 3. The second kappa shape index (κ2) is 16.1.